The summed E-state index contributed by atoms with van der Waals surface area (Å²) in [6, 6.07) is 2.37. The van der Waals surface area contributed by atoms with Gasteiger partial charge in [0.05, 0.1) is 12.1 Å². The van der Waals surface area contributed by atoms with Gasteiger partial charge in [0.15, 0.2) is 5.78 Å². The van der Waals surface area contributed by atoms with Crippen LogP contribution in [0.3, 0.4) is 0 Å². The van der Waals surface area contributed by atoms with Crippen LogP contribution in [0.5, 0.6) is 5.75 Å². The summed E-state index contributed by atoms with van der Waals surface area (Å²) in [6.07, 6.45) is 0.221. The minimum absolute atomic E-state index is 0.0887. The number of phenolic OH excluding ortho intramolecular Hbond substituents is 1. The molecule has 0 radical (unpaired) electrons. The predicted octanol–water partition coefficient (Wildman–Crippen LogP) is 0.292. The number of rotatable bonds is 12. The second-order valence-corrected chi connectivity index (χ2v) is 7.97. The third kappa shape index (κ3) is 9.17. The molecule has 1 rings (SSSR count). The summed E-state index contributed by atoms with van der Waals surface area (Å²) in [5.41, 5.74) is 14.6. The van der Waals surface area contributed by atoms with Crippen molar-refractivity contribution in [2.75, 3.05) is 6.54 Å². The maximum atomic E-state index is 12.7. The summed E-state index contributed by atoms with van der Waals surface area (Å²) in [4.78, 5) is 52.1. The van der Waals surface area contributed by atoms with Crippen LogP contribution in [0.1, 0.15) is 33.3 Å². The summed E-state index contributed by atoms with van der Waals surface area (Å²) in [7, 11) is 0. The van der Waals surface area contributed by atoms with E-state index in [0.29, 0.717) is 0 Å². The Morgan fingerprint density at radius 3 is 2.00 bits per heavy atom. The monoisotopic (exact) mass is 461 g/mol. The second-order valence-electron chi connectivity index (χ2n) is 7.97. The van der Waals surface area contributed by atoms with Gasteiger partial charge in [0, 0.05) is 17.4 Å². The Morgan fingerprint density at radius 1 is 0.970 bits per heavy atom. The van der Waals surface area contributed by atoms with Crippen LogP contribution >= 0.6 is 0 Å². The van der Waals surface area contributed by atoms with Gasteiger partial charge in [0.1, 0.15) is 17.8 Å². The van der Waals surface area contributed by atoms with Gasteiger partial charge >= 0.3 is 0 Å². The van der Waals surface area contributed by atoms with Crippen LogP contribution in [0.2, 0.25) is 0 Å². The molecule has 0 bridgehead atoms. The molecule has 1 aromatic carbocycles. The first-order valence-corrected chi connectivity index (χ1v) is 10.4. The lowest BCUT2D eigenvalue weighted by Crippen LogP contribution is -2.56. The number of azide groups is 1. The normalized spacial score (nSPS) is 14.2. The summed E-state index contributed by atoms with van der Waals surface area (Å²) in [5, 5.41) is 20.2. The minimum atomic E-state index is -1.11. The van der Waals surface area contributed by atoms with Crippen molar-refractivity contribution in [3.8, 4) is 5.75 Å². The average Bonchev–Trinajstić information content (AvgIpc) is 2.77. The van der Waals surface area contributed by atoms with E-state index < -0.39 is 41.9 Å². The molecule has 0 saturated carbocycles. The van der Waals surface area contributed by atoms with Gasteiger partial charge in [-0.1, -0.05) is 31.1 Å². The Morgan fingerprint density at radius 2 is 1.48 bits per heavy atom. The molecule has 0 aromatic heterocycles. The number of nitrogens with two attached hydrogens (primary N) is 1. The van der Waals surface area contributed by atoms with Crippen LogP contribution in [0, 0.1) is 5.92 Å². The largest absolute Gasteiger partial charge is 0.508 e. The zero-order valence-corrected chi connectivity index (χ0v) is 19.1. The van der Waals surface area contributed by atoms with Crippen LogP contribution in [0.15, 0.2) is 29.4 Å². The molecule has 0 aliphatic rings. The van der Waals surface area contributed by atoms with E-state index in [1.807, 2.05) is 0 Å². The lowest BCUT2D eigenvalue weighted by molar-refractivity contribution is -0.133. The van der Waals surface area contributed by atoms with Gasteiger partial charge in [-0.3, -0.25) is 19.2 Å². The predicted molar refractivity (Wildman–Crippen MR) is 121 cm³/mol. The number of aromatic hydroxyl groups is 1. The molecule has 6 N–H and O–H groups in total. The van der Waals surface area contributed by atoms with Crippen LogP contribution < -0.4 is 21.7 Å². The number of amides is 3. The Bertz CT molecular complexity index is 897. The van der Waals surface area contributed by atoms with Gasteiger partial charge < -0.3 is 26.8 Å². The van der Waals surface area contributed by atoms with Crippen molar-refractivity contribution in [3.63, 3.8) is 0 Å². The molecule has 0 fully saturated rings. The Hall–Kier alpha value is -3.63. The first kappa shape index (κ1) is 27.4. The fraction of sp³-hybridized carbons (Fsp3) is 0.524. The molecular formula is C21H31N7O5. The van der Waals surface area contributed by atoms with Gasteiger partial charge in [-0.25, -0.2) is 0 Å². The maximum Gasteiger partial charge on any atom is 0.242 e. The molecule has 0 aliphatic heterocycles. The lowest BCUT2D eigenvalue weighted by atomic mass is 9.95. The number of benzene rings is 1. The van der Waals surface area contributed by atoms with Crippen molar-refractivity contribution in [2.45, 2.75) is 58.3 Å². The van der Waals surface area contributed by atoms with E-state index in [0.717, 1.165) is 5.56 Å². The molecule has 0 saturated heterocycles. The summed E-state index contributed by atoms with van der Waals surface area (Å²) in [6.45, 7) is 6.05. The van der Waals surface area contributed by atoms with Gasteiger partial charge in [0.25, 0.3) is 0 Å². The van der Waals surface area contributed by atoms with E-state index in [1.165, 1.54) is 26.0 Å². The fourth-order valence-corrected chi connectivity index (χ4v) is 2.79. The van der Waals surface area contributed by atoms with Gasteiger partial charge in [-0.15, -0.1) is 0 Å². The van der Waals surface area contributed by atoms with Crippen LogP contribution in [-0.4, -0.2) is 59.3 Å². The first-order chi connectivity index (χ1) is 15.5. The number of carbonyl (C=O) groups is 4. The maximum absolute atomic E-state index is 12.7. The number of hydrogen-bond donors (Lipinski definition) is 5. The molecule has 0 heterocycles. The topological polar surface area (TPSA) is 199 Å². The van der Waals surface area contributed by atoms with Crippen molar-refractivity contribution < 1.29 is 24.3 Å². The fourth-order valence-electron chi connectivity index (χ4n) is 2.79. The molecule has 4 atom stereocenters. The molecule has 0 aliphatic carbocycles. The average molecular weight is 462 g/mol. The van der Waals surface area contributed by atoms with Crippen molar-refractivity contribution in [2.24, 2.45) is 16.8 Å². The van der Waals surface area contributed by atoms with Crippen molar-refractivity contribution in [1.29, 1.82) is 0 Å². The number of nitrogens with one attached hydrogen (secondary N) is 3. The number of nitrogens with zero attached hydrogens (tertiary/aromatic N) is 3. The highest BCUT2D eigenvalue weighted by Gasteiger charge is 2.27. The lowest BCUT2D eigenvalue weighted by Gasteiger charge is -2.23. The number of hydrogen-bond acceptors (Lipinski definition) is 7. The quantitative estimate of drug-likeness (QED) is 0.168. The number of phenols is 1. The molecular weight excluding hydrogens is 430 g/mol. The smallest absolute Gasteiger partial charge is 0.242 e. The standard InChI is InChI=1S/C21H31N7O5/c1-11(2)18(30)17(9-14-5-7-15(29)8-6-14)27-20(32)13(4)25-19(31)12(3)26-21(33)16(22)10-24-28-23/h5-8,11-13,16-17,29H,9-10,22H2,1-4H3,(H,25,31)(H,26,33)(H,27,32)/t12-,13-,16-,17-/m0/s1. The van der Waals surface area contributed by atoms with Crippen LogP contribution in [-0.2, 0) is 25.6 Å². The Kier molecular flexibility index (Phi) is 10.8. The van der Waals surface area contributed by atoms with E-state index in [9.17, 15) is 24.3 Å². The minimum Gasteiger partial charge on any atom is -0.508 e. The van der Waals surface area contributed by atoms with Crippen molar-refractivity contribution >= 4 is 23.5 Å². The summed E-state index contributed by atoms with van der Waals surface area (Å²) in [5.74, 6) is -2.30. The van der Waals surface area contributed by atoms with E-state index in [1.54, 1.807) is 26.0 Å². The zero-order valence-electron chi connectivity index (χ0n) is 19.1. The Balaban J connectivity index is 2.74. The van der Waals surface area contributed by atoms with E-state index >= 15 is 0 Å². The van der Waals surface area contributed by atoms with E-state index in [2.05, 4.69) is 26.0 Å². The summed E-state index contributed by atoms with van der Waals surface area (Å²) >= 11 is 0. The molecule has 12 nitrogen and oxygen atoms in total. The Labute approximate surface area is 191 Å². The van der Waals surface area contributed by atoms with Gasteiger partial charge in [-0.2, -0.15) is 0 Å². The highest BCUT2D eigenvalue weighted by Crippen LogP contribution is 2.13. The number of ketones is 1. The van der Waals surface area contributed by atoms with Gasteiger partial charge in [0.2, 0.25) is 17.7 Å². The second kappa shape index (κ2) is 13.0. The molecule has 33 heavy (non-hydrogen) atoms. The summed E-state index contributed by atoms with van der Waals surface area (Å²) < 4.78 is 0. The molecule has 12 heteroatoms. The van der Waals surface area contributed by atoms with Gasteiger partial charge in [-0.05, 0) is 43.5 Å². The van der Waals surface area contributed by atoms with Crippen LogP contribution in [0.25, 0.3) is 10.4 Å². The molecule has 180 valence electrons. The van der Waals surface area contributed by atoms with E-state index in [-0.39, 0.29) is 30.4 Å². The molecule has 0 unspecified atom stereocenters. The third-order valence-electron chi connectivity index (χ3n) is 4.79. The highest BCUT2D eigenvalue weighted by molar-refractivity contribution is 5.95. The number of Topliss-reactive ketones (excluding diaryl/α,β-unsaturated/α-hetero) is 1. The SMILES string of the molecule is CC(C)C(=O)[C@H](Cc1ccc(O)cc1)NC(=O)[C@H](C)NC(=O)[C@H](C)NC(=O)[C@@H](N)CN=[N+]=[N-]. The van der Waals surface area contributed by atoms with Crippen LogP contribution in [0.4, 0.5) is 0 Å². The molecule has 0 spiro atoms. The van der Waals surface area contributed by atoms with Crippen molar-refractivity contribution in [1.82, 2.24) is 16.0 Å². The van der Waals surface area contributed by atoms with Crippen molar-refractivity contribution in [3.05, 3.63) is 40.3 Å². The highest BCUT2D eigenvalue weighted by atomic mass is 16.3. The number of carbonyl (C=O) groups excluding carboxylic acids is 4. The third-order valence-corrected chi connectivity index (χ3v) is 4.79. The first-order valence-electron chi connectivity index (χ1n) is 10.4. The molecule has 3 amide bonds. The zero-order chi connectivity index (χ0) is 25.1. The van der Waals surface area contributed by atoms with E-state index in [4.69, 9.17) is 11.3 Å². The molecule has 1 aromatic rings.